The van der Waals surface area contributed by atoms with Crippen molar-refractivity contribution >= 4 is 5.96 Å². The molecule has 2 N–H and O–H groups in total. The highest BCUT2D eigenvalue weighted by molar-refractivity contribution is 5.80. The normalized spacial score (nSPS) is 18.7. The summed E-state index contributed by atoms with van der Waals surface area (Å²) in [5.74, 6) is 0.918. The average molecular weight is 316 g/mol. The molecule has 2 rings (SSSR count). The van der Waals surface area contributed by atoms with E-state index in [0.29, 0.717) is 6.04 Å². The van der Waals surface area contributed by atoms with E-state index in [1.807, 2.05) is 0 Å². The highest BCUT2D eigenvalue weighted by Gasteiger charge is 2.20. The Bertz CT molecular complexity index is 466. The molecular weight excluding hydrogens is 284 g/mol. The van der Waals surface area contributed by atoms with E-state index in [4.69, 9.17) is 4.99 Å². The second kappa shape index (κ2) is 9.56. The Morgan fingerprint density at radius 2 is 1.87 bits per heavy atom. The molecule has 0 saturated carbocycles. The number of likely N-dealkylation sites (tertiary alicyclic amines) is 1. The van der Waals surface area contributed by atoms with Crippen LogP contribution in [0.2, 0.25) is 0 Å². The van der Waals surface area contributed by atoms with Gasteiger partial charge in [-0.05, 0) is 51.8 Å². The lowest BCUT2D eigenvalue weighted by Crippen LogP contribution is -2.41. The molecule has 0 amide bonds. The van der Waals surface area contributed by atoms with Crippen molar-refractivity contribution in [2.24, 2.45) is 4.99 Å². The van der Waals surface area contributed by atoms with Gasteiger partial charge in [0.1, 0.15) is 0 Å². The van der Waals surface area contributed by atoms with Crippen LogP contribution in [0.3, 0.4) is 0 Å². The fourth-order valence-corrected chi connectivity index (χ4v) is 3.16. The van der Waals surface area contributed by atoms with Gasteiger partial charge in [-0.15, -0.1) is 0 Å². The van der Waals surface area contributed by atoms with Crippen LogP contribution in [0.15, 0.2) is 35.3 Å². The van der Waals surface area contributed by atoms with Gasteiger partial charge in [-0.25, -0.2) is 0 Å². The number of hydrogen-bond acceptors (Lipinski definition) is 2. The van der Waals surface area contributed by atoms with Crippen molar-refractivity contribution in [1.82, 2.24) is 15.5 Å². The number of nitrogens with one attached hydrogen (secondary N) is 2. The monoisotopic (exact) mass is 316 g/mol. The molecule has 0 aromatic heterocycles. The number of benzene rings is 1. The van der Waals surface area contributed by atoms with Gasteiger partial charge in [-0.3, -0.25) is 9.89 Å². The largest absolute Gasteiger partial charge is 0.357 e. The van der Waals surface area contributed by atoms with Crippen molar-refractivity contribution in [3.63, 3.8) is 0 Å². The molecule has 0 radical (unpaired) electrons. The lowest BCUT2D eigenvalue weighted by molar-refractivity contribution is 0.242. The van der Waals surface area contributed by atoms with E-state index in [0.717, 1.165) is 25.5 Å². The number of rotatable bonds is 7. The number of hydrogen-bond donors (Lipinski definition) is 2. The first-order valence-corrected chi connectivity index (χ1v) is 9.08. The SMILES string of the molecule is CCNC(=NCC(CC)N1CCCC1)NC(C)c1ccccc1. The van der Waals surface area contributed by atoms with Crippen LogP contribution >= 0.6 is 0 Å². The minimum atomic E-state index is 0.251. The minimum Gasteiger partial charge on any atom is -0.357 e. The van der Waals surface area contributed by atoms with E-state index in [1.54, 1.807) is 0 Å². The van der Waals surface area contributed by atoms with Crippen LogP contribution in [0.4, 0.5) is 0 Å². The van der Waals surface area contributed by atoms with E-state index in [-0.39, 0.29) is 6.04 Å². The summed E-state index contributed by atoms with van der Waals surface area (Å²) in [4.78, 5) is 7.44. The molecule has 1 heterocycles. The minimum absolute atomic E-state index is 0.251. The molecule has 23 heavy (non-hydrogen) atoms. The molecule has 4 heteroatoms. The topological polar surface area (TPSA) is 39.7 Å². The fraction of sp³-hybridized carbons (Fsp3) is 0.632. The van der Waals surface area contributed by atoms with Gasteiger partial charge in [0.2, 0.25) is 0 Å². The van der Waals surface area contributed by atoms with Crippen LogP contribution in [0.1, 0.15) is 51.6 Å². The predicted molar refractivity (Wildman–Crippen MR) is 98.9 cm³/mol. The number of aliphatic imine (C=N–C) groups is 1. The summed E-state index contributed by atoms with van der Waals surface area (Å²) >= 11 is 0. The third-order valence-corrected chi connectivity index (χ3v) is 4.59. The molecule has 4 nitrogen and oxygen atoms in total. The zero-order chi connectivity index (χ0) is 16.5. The van der Waals surface area contributed by atoms with Gasteiger partial charge < -0.3 is 10.6 Å². The Morgan fingerprint density at radius 1 is 1.17 bits per heavy atom. The van der Waals surface area contributed by atoms with Crippen molar-refractivity contribution in [3.05, 3.63) is 35.9 Å². The third kappa shape index (κ3) is 5.54. The Hall–Kier alpha value is -1.55. The summed E-state index contributed by atoms with van der Waals surface area (Å²) in [6.45, 7) is 10.8. The van der Waals surface area contributed by atoms with Crippen LogP contribution in [0, 0.1) is 0 Å². The molecule has 0 spiro atoms. The van der Waals surface area contributed by atoms with E-state index in [2.05, 4.69) is 66.6 Å². The summed E-state index contributed by atoms with van der Waals surface area (Å²) in [5, 5.41) is 6.90. The van der Waals surface area contributed by atoms with Gasteiger partial charge >= 0.3 is 0 Å². The zero-order valence-electron chi connectivity index (χ0n) is 14.9. The van der Waals surface area contributed by atoms with Crippen molar-refractivity contribution in [2.45, 2.75) is 52.1 Å². The quantitative estimate of drug-likeness (QED) is 0.599. The van der Waals surface area contributed by atoms with Crippen LogP contribution in [0.5, 0.6) is 0 Å². The van der Waals surface area contributed by atoms with Gasteiger partial charge in [0.15, 0.2) is 5.96 Å². The third-order valence-electron chi connectivity index (χ3n) is 4.59. The van der Waals surface area contributed by atoms with Crippen molar-refractivity contribution < 1.29 is 0 Å². The summed E-state index contributed by atoms with van der Waals surface area (Å²) < 4.78 is 0. The van der Waals surface area contributed by atoms with Crippen LogP contribution in [0.25, 0.3) is 0 Å². The Kier molecular flexibility index (Phi) is 7.40. The molecular formula is C19H32N4. The average Bonchev–Trinajstić information content (AvgIpc) is 3.10. The molecule has 1 aromatic carbocycles. The van der Waals surface area contributed by atoms with Gasteiger partial charge in [-0.2, -0.15) is 0 Å². The van der Waals surface area contributed by atoms with Crippen molar-refractivity contribution in [3.8, 4) is 0 Å². The molecule has 1 aliphatic rings. The smallest absolute Gasteiger partial charge is 0.191 e. The highest BCUT2D eigenvalue weighted by atomic mass is 15.2. The lowest BCUT2D eigenvalue weighted by atomic mass is 10.1. The molecule has 1 saturated heterocycles. The maximum absolute atomic E-state index is 4.85. The van der Waals surface area contributed by atoms with Crippen LogP contribution in [-0.4, -0.2) is 43.1 Å². The van der Waals surface area contributed by atoms with Crippen LogP contribution in [-0.2, 0) is 0 Å². The van der Waals surface area contributed by atoms with Crippen LogP contribution < -0.4 is 10.6 Å². The van der Waals surface area contributed by atoms with Gasteiger partial charge in [0.25, 0.3) is 0 Å². The Balaban J connectivity index is 1.95. The summed E-state index contributed by atoms with van der Waals surface area (Å²) in [6, 6.07) is 11.3. The Morgan fingerprint density at radius 3 is 2.48 bits per heavy atom. The number of nitrogens with zero attached hydrogens (tertiary/aromatic N) is 2. The summed E-state index contributed by atoms with van der Waals surface area (Å²) in [5.41, 5.74) is 1.28. The molecule has 0 aliphatic carbocycles. The molecule has 1 aliphatic heterocycles. The second-order valence-corrected chi connectivity index (χ2v) is 6.30. The zero-order valence-corrected chi connectivity index (χ0v) is 14.9. The highest BCUT2D eigenvalue weighted by Crippen LogP contribution is 2.14. The molecule has 2 atom stereocenters. The van der Waals surface area contributed by atoms with Crippen molar-refractivity contribution in [1.29, 1.82) is 0 Å². The fourth-order valence-electron chi connectivity index (χ4n) is 3.16. The molecule has 1 fully saturated rings. The van der Waals surface area contributed by atoms with Gasteiger partial charge in [-0.1, -0.05) is 37.3 Å². The number of guanidine groups is 1. The maximum Gasteiger partial charge on any atom is 0.191 e. The van der Waals surface area contributed by atoms with Gasteiger partial charge in [0.05, 0.1) is 12.6 Å². The summed E-state index contributed by atoms with van der Waals surface area (Å²) in [6.07, 6.45) is 3.84. The first-order chi connectivity index (χ1) is 11.2. The molecule has 0 bridgehead atoms. The van der Waals surface area contributed by atoms with Crippen molar-refractivity contribution in [2.75, 3.05) is 26.2 Å². The standard InChI is InChI=1S/C19H32N4/c1-4-18(23-13-9-10-14-23)15-21-19(20-5-2)22-16(3)17-11-7-6-8-12-17/h6-8,11-12,16,18H,4-5,9-10,13-15H2,1-3H3,(H2,20,21,22). The van der Waals surface area contributed by atoms with E-state index in [9.17, 15) is 0 Å². The summed E-state index contributed by atoms with van der Waals surface area (Å²) in [7, 11) is 0. The van der Waals surface area contributed by atoms with Gasteiger partial charge in [0, 0.05) is 12.6 Å². The first kappa shape index (κ1) is 17.8. The van der Waals surface area contributed by atoms with E-state index in [1.165, 1.54) is 31.5 Å². The Labute approximate surface area is 141 Å². The predicted octanol–water partition coefficient (Wildman–Crippen LogP) is 3.18. The van der Waals surface area contributed by atoms with E-state index < -0.39 is 0 Å². The maximum atomic E-state index is 4.85. The van der Waals surface area contributed by atoms with E-state index >= 15 is 0 Å². The molecule has 128 valence electrons. The molecule has 2 unspecified atom stereocenters. The lowest BCUT2D eigenvalue weighted by Gasteiger charge is -2.25. The first-order valence-electron chi connectivity index (χ1n) is 9.08. The second-order valence-electron chi connectivity index (χ2n) is 6.30. The molecule has 1 aromatic rings.